The van der Waals surface area contributed by atoms with Crippen molar-refractivity contribution in [1.82, 2.24) is 0 Å². The highest BCUT2D eigenvalue weighted by Gasteiger charge is 2.41. The summed E-state index contributed by atoms with van der Waals surface area (Å²) in [4.78, 5) is 26.2. The summed E-state index contributed by atoms with van der Waals surface area (Å²) in [5, 5.41) is 4.23. The van der Waals surface area contributed by atoms with Crippen LogP contribution in [0, 0.1) is 0 Å². The number of alkyl halides is 2. The number of ether oxygens (including phenoxy) is 2. The molecule has 0 amide bonds. The lowest BCUT2D eigenvalue weighted by molar-refractivity contribution is 0.0465. The molecule has 7 rings (SSSR count). The summed E-state index contributed by atoms with van der Waals surface area (Å²) < 4.78 is 9.89. The summed E-state index contributed by atoms with van der Waals surface area (Å²) in [5.41, 5.74) is 5.23. The number of carbonyl (C=O) groups is 2. The summed E-state index contributed by atoms with van der Waals surface area (Å²) in [6.45, 7) is 0.267. The smallest absolute Gasteiger partial charge is 0.338 e. The van der Waals surface area contributed by atoms with Crippen molar-refractivity contribution in [3.05, 3.63) is 155 Å². The summed E-state index contributed by atoms with van der Waals surface area (Å²) in [6.07, 6.45) is 0. The fourth-order valence-corrected chi connectivity index (χ4v) is 6.39. The van der Waals surface area contributed by atoms with E-state index in [-0.39, 0.29) is 13.2 Å². The van der Waals surface area contributed by atoms with Crippen molar-refractivity contribution in [2.24, 2.45) is 0 Å². The first kappa shape index (κ1) is 27.2. The largest absolute Gasteiger partial charge is 0.457 e. The van der Waals surface area contributed by atoms with Gasteiger partial charge >= 0.3 is 11.9 Å². The van der Waals surface area contributed by atoms with Gasteiger partial charge in [0.15, 0.2) is 4.33 Å². The third-order valence-corrected chi connectivity index (χ3v) is 8.77. The molecule has 43 heavy (non-hydrogen) atoms. The molecule has 0 spiro atoms. The van der Waals surface area contributed by atoms with E-state index in [1.807, 2.05) is 97.1 Å². The Hall–Kier alpha value is -4.64. The van der Waals surface area contributed by atoms with Crippen molar-refractivity contribution in [3.8, 4) is 11.1 Å². The molecule has 1 aliphatic carbocycles. The van der Waals surface area contributed by atoms with Crippen LogP contribution in [0.3, 0.4) is 0 Å². The molecule has 0 unspecified atom stereocenters. The number of hydrogen-bond acceptors (Lipinski definition) is 4. The van der Waals surface area contributed by atoms with Crippen LogP contribution in [0.1, 0.15) is 43.0 Å². The van der Waals surface area contributed by atoms with E-state index in [2.05, 4.69) is 0 Å². The molecular weight excluding hydrogens is 579 g/mol. The van der Waals surface area contributed by atoms with Crippen molar-refractivity contribution >= 4 is 56.7 Å². The molecule has 0 N–H and O–H groups in total. The molecule has 4 nitrogen and oxygen atoms in total. The highest BCUT2D eigenvalue weighted by molar-refractivity contribution is 6.51. The normalized spacial score (nSPS) is 13.0. The molecule has 0 atom stereocenters. The van der Waals surface area contributed by atoms with Gasteiger partial charge < -0.3 is 9.47 Å². The van der Waals surface area contributed by atoms with Crippen LogP contribution in [-0.2, 0) is 27.0 Å². The Balaban J connectivity index is 1.09. The Bertz CT molecular complexity index is 1910. The maximum Gasteiger partial charge on any atom is 0.338 e. The maximum absolute atomic E-state index is 13.1. The monoisotopic (exact) mass is 602 g/mol. The fourth-order valence-electron chi connectivity index (χ4n) is 5.77. The second kappa shape index (κ2) is 10.9. The summed E-state index contributed by atoms with van der Waals surface area (Å²) in [5.74, 6) is -0.956. The minimum absolute atomic E-state index is 0.134. The number of benzene rings is 6. The third kappa shape index (κ3) is 4.93. The summed E-state index contributed by atoms with van der Waals surface area (Å²) >= 11 is 13.8. The van der Waals surface area contributed by atoms with Gasteiger partial charge in [-0.1, -0.05) is 120 Å². The van der Waals surface area contributed by atoms with Crippen LogP contribution < -0.4 is 0 Å². The van der Waals surface area contributed by atoms with Gasteiger partial charge in [0.1, 0.15) is 13.2 Å². The number of halogens is 2. The standard InChI is InChI=1S/C37H24Cl2O4/c38-37(39)33-19-25(35(40)42-21-27-11-5-9-23-7-1-3-13-29(23)27)15-17-31(33)32-18-16-26(20-34(32)37)36(41)43-22-28-12-6-10-24-8-2-4-14-30(24)28/h1-20H,21-22H2. The highest BCUT2D eigenvalue weighted by Crippen LogP contribution is 2.54. The number of fused-ring (bicyclic) bond motifs is 5. The highest BCUT2D eigenvalue weighted by atomic mass is 35.5. The number of carbonyl (C=O) groups excluding carboxylic acids is 2. The SMILES string of the molecule is O=C(OCc1cccc2ccccc12)c1ccc2c(c1)C(Cl)(Cl)c1cc(C(=O)OCc3cccc4ccccc34)ccc1-2. The molecule has 0 saturated carbocycles. The molecule has 0 fully saturated rings. The molecule has 0 bridgehead atoms. The van der Waals surface area contributed by atoms with Crippen molar-refractivity contribution in [2.45, 2.75) is 17.5 Å². The molecule has 0 aliphatic heterocycles. The van der Waals surface area contributed by atoms with E-state index in [9.17, 15) is 9.59 Å². The molecule has 6 aromatic rings. The number of hydrogen-bond donors (Lipinski definition) is 0. The van der Waals surface area contributed by atoms with Gasteiger partial charge in [0.25, 0.3) is 0 Å². The van der Waals surface area contributed by atoms with Crippen molar-refractivity contribution in [3.63, 3.8) is 0 Å². The zero-order valence-electron chi connectivity index (χ0n) is 22.9. The van der Waals surface area contributed by atoms with Gasteiger partial charge in [-0.25, -0.2) is 9.59 Å². The predicted octanol–water partition coefficient (Wildman–Crippen LogP) is 9.37. The third-order valence-electron chi connectivity index (χ3n) is 7.95. The Morgan fingerprint density at radius 2 is 0.953 bits per heavy atom. The molecule has 1 aliphatic rings. The van der Waals surface area contributed by atoms with Gasteiger partial charge in [0.2, 0.25) is 0 Å². The van der Waals surface area contributed by atoms with Crippen LogP contribution in [-0.4, -0.2) is 11.9 Å². The van der Waals surface area contributed by atoms with Crippen LogP contribution in [0.2, 0.25) is 0 Å². The van der Waals surface area contributed by atoms with Crippen LogP contribution in [0.25, 0.3) is 32.7 Å². The van der Waals surface area contributed by atoms with E-state index in [1.165, 1.54) is 0 Å². The van der Waals surface area contributed by atoms with Gasteiger partial charge in [-0.15, -0.1) is 0 Å². The Morgan fingerprint density at radius 1 is 0.535 bits per heavy atom. The Kier molecular flexibility index (Phi) is 6.89. The van der Waals surface area contributed by atoms with Gasteiger partial charge in [-0.05, 0) is 68.1 Å². The topological polar surface area (TPSA) is 52.6 Å². The van der Waals surface area contributed by atoms with Gasteiger partial charge in [-0.3, -0.25) is 0 Å². The van der Waals surface area contributed by atoms with Crippen LogP contribution in [0.4, 0.5) is 0 Å². The Labute approximate surface area is 258 Å². The van der Waals surface area contributed by atoms with E-state index < -0.39 is 16.3 Å². The van der Waals surface area contributed by atoms with Crippen molar-refractivity contribution in [2.75, 3.05) is 0 Å². The lowest BCUT2D eigenvalue weighted by atomic mass is 10.0. The zero-order valence-corrected chi connectivity index (χ0v) is 24.4. The summed E-state index contributed by atoms with van der Waals surface area (Å²) in [6, 6.07) is 38.1. The molecule has 0 radical (unpaired) electrons. The van der Waals surface area contributed by atoms with E-state index in [0.29, 0.717) is 22.3 Å². The molecule has 0 heterocycles. The number of esters is 2. The van der Waals surface area contributed by atoms with E-state index in [0.717, 1.165) is 43.8 Å². The van der Waals surface area contributed by atoms with E-state index in [1.54, 1.807) is 24.3 Å². The molecule has 0 aromatic heterocycles. The van der Waals surface area contributed by atoms with E-state index >= 15 is 0 Å². The molecule has 6 heteroatoms. The molecule has 6 aromatic carbocycles. The van der Waals surface area contributed by atoms with Gasteiger partial charge in [-0.2, -0.15) is 0 Å². The first-order valence-corrected chi connectivity index (χ1v) is 14.6. The van der Waals surface area contributed by atoms with Crippen LogP contribution in [0.5, 0.6) is 0 Å². The minimum atomic E-state index is -1.47. The molecule has 0 saturated heterocycles. The first-order chi connectivity index (χ1) is 20.9. The second-order valence-corrected chi connectivity index (χ2v) is 11.9. The minimum Gasteiger partial charge on any atom is -0.457 e. The Morgan fingerprint density at radius 3 is 1.42 bits per heavy atom. The van der Waals surface area contributed by atoms with Crippen molar-refractivity contribution < 1.29 is 19.1 Å². The lowest BCUT2D eigenvalue weighted by Crippen LogP contribution is -2.12. The quantitative estimate of drug-likeness (QED) is 0.141. The zero-order chi connectivity index (χ0) is 29.6. The van der Waals surface area contributed by atoms with E-state index in [4.69, 9.17) is 32.7 Å². The lowest BCUT2D eigenvalue weighted by Gasteiger charge is -2.17. The van der Waals surface area contributed by atoms with Crippen LogP contribution in [0.15, 0.2) is 121 Å². The maximum atomic E-state index is 13.1. The fraction of sp³-hybridized carbons (Fsp3) is 0.0811. The molecule has 210 valence electrons. The summed E-state index contributed by atoms with van der Waals surface area (Å²) in [7, 11) is 0. The first-order valence-electron chi connectivity index (χ1n) is 13.8. The second-order valence-electron chi connectivity index (χ2n) is 10.5. The van der Waals surface area contributed by atoms with Crippen molar-refractivity contribution in [1.29, 1.82) is 0 Å². The number of rotatable bonds is 6. The predicted molar refractivity (Wildman–Crippen MR) is 170 cm³/mol. The molecular formula is C37H24Cl2O4. The van der Waals surface area contributed by atoms with Crippen LogP contribution >= 0.6 is 23.2 Å². The van der Waals surface area contributed by atoms with Gasteiger partial charge in [0.05, 0.1) is 11.1 Å². The van der Waals surface area contributed by atoms with Gasteiger partial charge in [0, 0.05) is 11.1 Å². The average Bonchev–Trinajstić information content (AvgIpc) is 3.27. The average molecular weight is 604 g/mol.